The second kappa shape index (κ2) is 3.89. The molecule has 0 unspecified atom stereocenters. The van der Waals surface area contributed by atoms with Crippen molar-refractivity contribution in [3.63, 3.8) is 0 Å². The summed E-state index contributed by atoms with van der Waals surface area (Å²) in [7, 11) is 0. The van der Waals surface area contributed by atoms with E-state index in [0.29, 0.717) is 5.92 Å². The van der Waals surface area contributed by atoms with Gasteiger partial charge < -0.3 is 4.98 Å². The minimum Gasteiger partial charge on any atom is -0.307 e. The quantitative estimate of drug-likeness (QED) is 0.776. The lowest BCUT2D eigenvalue weighted by atomic mass is 9.69. The average molecular weight is 269 g/mol. The summed E-state index contributed by atoms with van der Waals surface area (Å²) in [5.74, 6) is 2.16. The topological polar surface area (TPSA) is 32.9 Å². The summed E-state index contributed by atoms with van der Waals surface area (Å²) >= 11 is 3.32. The van der Waals surface area contributed by atoms with Gasteiger partial charge in [-0.2, -0.15) is 0 Å². The van der Waals surface area contributed by atoms with Gasteiger partial charge in [0.25, 0.3) is 0 Å². The van der Waals surface area contributed by atoms with Gasteiger partial charge in [-0.15, -0.1) is 11.8 Å². The van der Waals surface area contributed by atoms with E-state index in [9.17, 15) is 4.79 Å². The van der Waals surface area contributed by atoms with Crippen LogP contribution in [0.15, 0.2) is 9.82 Å². The summed E-state index contributed by atoms with van der Waals surface area (Å²) in [5, 5.41) is 1.15. The Balaban J connectivity index is 2.07. The van der Waals surface area contributed by atoms with Crippen molar-refractivity contribution in [2.45, 2.75) is 55.7 Å². The van der Waals surface area contributed by atoms with Gasteiger partial charge in [-0.1, -0.05) is 38.5 Å². The largest absolute Gasteiger partial charge is 0.307 e. The molecule has 1 aliphatic carbocycles. The number of thioether (sulfide) groups is 1. The van der Waals surface area contributed by atoms with E-state index in [1.54, 1.807) is 0 Å². The molecule has 0 bridgehead atoms. The van der Waals surface area contributed by atoms with E-state index in [0.717, 1.165) is 16.9 Å². The van der Waals surface area contributed by atoms with Crippen LogP contribution in [0.25, 0.3) is 0 Å². The summed E-state index contributed by atoms with van der Waals surface area (Å²) in [4.78, 5) is 16.1. The molecule has 4 heteroatoms. The van der Waals surface area contributed by atoms with Gasteiger partial charge in [0.1, 0.15) is 0 Å². The van der Waals surface area contributed by atoms with Crippen molar-refractivity contribution >= 4 is 23.1 Å². The molecule has 3 rings (SSSR count). The molecule has 2 aliphatic rings. The van der Waals surface area contributed by atoms with Crippen LogP contribution in [-0.4, -0.2) is 9.73 Å². The standard InChI is InChI=1S/C13H19NOS2/c1-7-4-5-9-8(6-7)10-11(14-12(15)16-10)17-13(9,2)3/h7-9H,4-6H2,1-3H3,(H,14,15)/t7-,8+,9+/m1/s1. The summed E-state index contributed by atoms with van der Waals surface area (Å²) in [6, 6.07) is 0. The molecule has 17 heavy (non-hydrogen) atoms. The smallest absolute Gasteiger partial charge is 0.305 e. The summed E-state index contributed by atoms with van der Waals surface area (Å²) in [6.45, 7) is 7.02. The molecule has 1 aromatic heterocycles. The van der Waals surface area contributed by atoms with E-state index < -0.39 is 0 Å². The van der Waals surface area contributed by atoms with Crippen LogP contribution in [0.1, 0.15) is 50.8 Å². The molecule has 1 N–H and O–H groups in total. The molecule has 0 aromatic carbocycles. The number of hydrogen-bond donors (Lipinski definition) is 1. The number of nitrogens with one attached hydrogen (secondary N) is 1. The van der Waals surface area contributed by atoms with Gasteiger partial charge in [-0.3, -0.25) is 4.79 Å². The molecule has 1 saturated carbocycles. The third-order valence-corrected chi connectivity index (χ3v) is 6.85. The molecule has 1 aliphatic heterocycles. The Morgan fingerprint density at radius 1 is 1.35 bits per heavy atom. The molecule has 1 aromatic rings. The van der Waals surface area contributed by atoms with Crippen LogP contribution in [0.4, 0.5) is 0 Å². The highest BCUT2D eigenvalue weighted by Gasteiger charge is 2.46. The molecular formula is C13H19NOS2. The predicted octanol–water partition coefficient (Wildman–Crippen LogP) is 3.84. The molecule has 0 amide bonds. The van der Waals surface area contributed by atoms with Crippen molar-refractivity contribution in [2.75, 3.05) is 0 Å². The third-order valence-electron chi connectivity index (χ3n) is 4.35. The van der Waals surface area contributed by atoms with Crippen LogP contribution < -0.4 is 4.87 Å². The maximum Gasteiger partial charge on any atom is 0.305 e. The van der Waals surface area contributed by atoms with Gasteiger partial charge >= 0.3 is 4.87 Å². The van der Waals surface area contributed by atoms with Crippen LogP contribution >= 0.6 is 23.1 Å². The highest BCUT2D eigenvalue weighted by molar-refractivity contribution is 8.00. The van der Waals surface area contributed by atoms with E-state index in [1.807, 2.05) is 11.8 Å². The van der Waals surface area contributed by atoms with Gasteiger partial charge in [0.15, 0.2) is 0 Å². The lowest BCUT2D eigenvalue weighted by Gasteiger charge is -2.46. The van der Waals surface area contributed by atoms with Gasteiger partial charge in [0.05, 0.1) is 5.03 Å². The highest BCUT2D eigenvalue weighted by Crippen LogP contribution is 2.57. The van der Waals surface area contributed by atoms with Gasteiger partial charge in [0, 0.05) is 15.5 Å². The Kier molecular flexibility index (Phi) is 2.71. The normalized spacial score (nSPS) is 35.1. The minimum atomic E-state index is 0.122. The Labute approximate surface area is 110 Å². The van der Waals surface area contributed by atoms with E-state index in [-0.39, 0.29) is 9.62 Å². The molecule has 2 heterocycles. The Bertz CT molecular complexity index is 488. The molecule has 94 valence electrons. The summed E-state index contributed by atoms with van der Waals surface area (Å²) in [5.41, 5.74) is 0. The summed E-state index contributed by atoms with van der Waals surface area (Å²) < 4.78 is 0.266. The molecule has 1 fully saturated rings. The van der Waals surface area contributed by atoms with Crippen molar-refractivity contribution in [1.29, 1.82) is 0 Å². The van der Waals surface area contributed by atoms with Gasteiger partial charge in [-0.05, 0) is 24.7 Å². The first-order chi connectivity index (χ1) is 7.97. The maximum atomic E-state index is 11.6. The SMILES string of the molecule is C[C@@H]1CC[C@H]2[C@H](C1)c1sc(=O)[nH]c1SC2(C)C. The molecule has 0 radical (unpaired) electrons. The van der Waals surface area contributed by atoms with Gasteiger partial charge in [-0.25, -0.2) is 0 Å². The van der Waals surface area contributed by atoms with E-state index in [1.165, 1.54) is 35.5 Å². The van der Waals surface area contributed by atoms with E-state index in [2.05, 4.69) is 25.8 Å². The van der Waals surface area contributed by atoms with Crippen LogP contribution in [0.2, 0.25) is 0 Å². The Morgan fingerprint density at radius 2 is 2.12 bits per heavy atom. The van der Waals surface area contributed by atoms with Crippen LogP contribution in [0, 0.1) is 11.8 Å². The zero-order valence-electron chi connectivity index (χ0n) is 10.6. The molecular weight excluding hydrogens is 250 g/mol. The van der Waals surface area contributed by atoms with Crippen molar-refractivity contribution in [3.05, 3.63) is 14.5 Å². The van der Waals surface area contributed by atoms with Crippen molar-refractivity contribution in [3.8, 4) is 0 Å². The third kappa shape index (κ3) is 1.89. The monoisotopic (exact) mass is 269 g/mol. The lowest BCUT2D eigenvalue weighted by Crippen LogP contribution is -2.39. The van der Waals surface area contributed by atoms with E-state index >= 15 is 0 Å². The number of aromatic nitrogens is 1. The lowest BCUT2D eigenvalue weighted by molar-refractivity contribution is 0.210. The first-order valence-corrected chi connectivity index (χ1v) is 8.02. The molecule has 2 nitrogen and oxygen atoms in total. The minimum absolute atomic E-state index is 0.122. The number of hydrogen-bond acceptors (Lipinski definition) is 3. The molecule has 0 saturated heterocycles. The van der Waals surface area contributed by atoms with Crippen LogP contribution in [0.3, 0.4) is 0 Å². The van der Waals surface area contributed by atoms with Crippen LogP contribution in [-0.2, 0) is 0 Å². The zero-order valence-corrected chi connectivity index (χ0v) is 12.2. The Hall–Kier alpha value is -0.220. The maximum absolute atomic E-state index is 11.6. The predicted molar refractivity (Wildman–Crippen MR) is 74.1 cm³/mol. The number of aromatic amines is 1. The first kappa shape index (κ1) is 11.8. The molecule has 3 atom stereocenters. The van der Waals surface area contributed by atoms with Crippen molar-refractivity contribution in [2.24, 2.45) is 11.8 Å². The fourth-order valence-corrected chi connectivity index (χ4v) is 6.07. The van der Waals surface area contributed by atoms with Gasteiger partial charge in [0.2, 0.25) is 0 Å². The number of rotatable bonds is 0. The van der Waals surface area contributed by atoms with Crippen molar-refractivity contribution in [1.82, 2.24) is 4.98 Å². The number of thiazole rings is 1. The first-order valence-electron chi connectivity index (χ1n) is 6.39. The second-order valence-electron chi connectivity index (χ2n) is 6.04. The molecule has 0 spiro atoms. The second-order valence-corrected chi connectivity index (χ2v) is 8.72. The summed E-state index contributed by atoms with van der Waals surface area (Å²) in [6.07, 6.45) is 3.92. The fourth-order valence-electron chi connectivity index (χ4n) is 3.49. The number of fused-ring (bicyclic) bond motifs is 3. The van der Waals surface area contributed by atoms with E-state index in [4.69, 9.17) is 0 Å². The zero-order chi connectivity index (χ0) is 12.2. The average Bonchev–Trinajstić information content (AvgIpc) is 2.57. The van der Waals surface area contributed by atoms with Crippen LogP contribution in [0.5, 0.6) is 0 Å². The number of H-pyrrole nitrogens is 1. The highest BCUT2D eigenvalue weighted by atomic mass is 32.2. The van der Waals surface area contributed by atoms with Crippen molar-refractivity contribution < 1.29 is 0 Å². The Morgan fingerprint density at radius 3 is 2.88 bits per heavy atom. The fraction of sp³-hybridized carbons (Fsp3) is 0.769.